The number of nitriles is 1. The molecule has 1 aliphatic rings. The zero-order valence-electron chi connectivity index (χ0n) is 11.4. The highest BCUT2D eigenvalue weighted by molar-refractivity contribution is 7.99. The van der Waals surface area contributed by atoms with Gasteiger partial charge in [-0.05, 0) is 43.5 Å². The van der Waals surface area contributed by atoms with Crippen molar-refractivity contribution >= 4 is 21.6 Å². The first-order valence-electron chi connectivity index (χ1n) is 6.54. The van der Waals surface area contributed by atoms with Gasteiger partial charge in [-0.2, -0.15) is 17.0 Å². The monoisotopic (exact) mass is 310 g/mol. The maximum absolute atomic E-state index is 12.2. The lowest BCUT2D eigenvalue weighted by atomic mass is 10.2. The Hall–Kier alpha value is -1.03. The second kappa shape index (κ2) is 6.61. The van der Waals surface area contributed by atoms with E-state index in [4.69, 9.17) is 5.26 Å². The molecule has 0 saturated carbocycles. The standard InChI is InChI=1S/C14H18N2O2S2/c1-16(13-6-8-19-11-13)7-9-20(17,18)14-4-2-12(10-15)3-5-14/h2-5,13H,6-9,11H2,1H3. The Morgan fingerprint density at radius 2 is 2.10 bits per heavy atom. The molecule has 2 rings (SSSR count). The van der Waals surface area contributed by atoms with Gasteiger partial charge in [-0.3, -0.25) is 0 Å². The quantitative estimate of drug-likeness (QED) is 0.829. The number of thioether (sulfide) groups is 1. The molecule has 0 aromatic heterocycles. The molecular weight excluding hydrogens is 292 g/mol. The SMILES string of the molecule is CN(CCS(=O)(=O)c1ccc(C#N)cc1)C1CCSC1. The highest BCUT2D eigenvalue weighted by Gasteiger charge is 2.22. The molecular formula is C14H18N2O2S2. The smallest absolute Gasteiger partial charge is 0.179 e. The van der Waals surface area contributed by atoms with Gasteiger partial charge in [0.1, 0.15) is 0 Å². The Labute approximate surface area is 124 Å². The molecule has 0 N–H and O–H groups in total. The van der Waals surface area contributed by atoms with E-state index in [0.717, 1.165) is 17.9 Å². The van der Waals surface area contributed by atoms with Gasteiger partial charge in [0.15, 0.2) is 9.84 Å². The third-order valence-electron chi connectivity index (χ3n) is 3.58. The largest absolute Gasteiger partial charge is 0.302 e. The molecule has 1 saturated heterocycles. The third-order valence-corrected chi connectivity index (χ3v) is 6.44. The van der Waals surface area contributed by atoms with Crippen LogP contribution in [0.3, 0.4) is 0 Å². The first-order chi connectivity index (χ1) is 9.53. The van der Waals surface area contributed by atoms with Crippen molar-refractivity contribution < 1.29 is 8.42 Å². The molecule has 0 spiro atoms. The fraction of sp³-hybridized carbons (Fsp3) is 0.500. The molecule has 1 heterocycles. The molecule has 1 aromatic carbocycles. The van der Waals surface area contributed by atoms with Crippen LogP contribution in [-0.2, 0) is 9.84 Å². The Bertz CT molecular complexity index is 585. The van der Waals surface area contributed by atoms with Gasteiger partial charge in [0, 0.05) is 18.3 Å². The van der Waals surface area contributed by atoms with Crippen LogP contribution in [0.5, 0.6) is 0 Å². The van der Waals surface area contributed by atoms with Gasteiger partial charge in [0.25, 0.3) is 0 Å². The second-order valence-corrected chi connectivity index (χ2v) is 8.21. The normalized spacial score (nSPS) is 19.1. The number of hydrogen-bond donors (Lipinski definition) is 0. The summed E-state index contributed by atoms with van der Waals surface area (Å²) in [5.41, 5.74) is 0.476. The minimum atomic E-state index is -3.27. The van der Waals surface area contributed by atoms with Gasteiger partial charge in [0.2, 0.25) is 0 Å². The van der Waals surface area contributed by atoms with E-state index < -0.39 is 9.84 Å². The predicted molar refractivity (Wildman–Crippen MR) is 81.6 cm³/mol. The van der Waals surface area contributed by atoms with E-state index in [2.05, 4.69) is 4.90 Å². The summed E-state index contributed by atoms with van der Waals surface area (Å²) in [5, 5.41) is 8.72. The fourth-order valence-electron chi connectivity index (χ4n) is 2.17. The Kier molecular flexibility index (Phi) is 5.08. The van der Waals surface area contributed by atoms with Crippen LogP contribution in [0.25, 0.3) is 0 Å². The van der Waals surface area contributed by atoms with Gasteiger partial charge in [-0.25, -0.2) is 8.42 Å². The number of hydrogen-bond acceptors (Lipinski definition) is 5. The third kappa shape index (κ3) is 3.75. The molecule has 20 heavy (non-hydrogen) atoms. The lowest BCUT2D eigenvalue weighted by Gasteiger charge is -2.23. The van der Waals surface area contributed by atoms with E-state index in [9.17, 15) is 8.42 Å². The number of rotatable bonds is 5. The van der Waals surface area contributed by atoms with Crippen LogP contribution in [0, 0.1) is 11.3 Å². The summed E-state index contributed by atoms with van der Waals surface area (Å²) in [6.45, 7) is 0.549. The van der Waals surface area contributed by atoms with Crippen molar-refractivity contribution in [2.75, 3.05) is 30.9 Å². The van der Waals surface area contributed by atoms with E-state index in [0.29, 0.717) is 23.0 Å². The Balaban J connectivity index is 1.97. The second-order valence-electron chi connectivity index (χ2n) is 4.95. The van der Waals surface area contributed by atoms with E-state index in [1.807, 2.05) is 24.9 Å². The molecule has 6 heteroatoms. The zero-order valence-corrected chi connectivity index (χ0v) is 13.1. The first kappa shape index (κ1) is 15.4. The molecule has 1 aromatic rings. The summed E-state index contributed by atoms with van der Waals surface area (Å²) in [7, 11) is -1.28. The van der Waals surface area contributed by atoms with Crippen molar-refractivity contribution in [1.82, 2.24) is 4.90 Å². The molecule has 1 fully saturated rings. The summed E-state index contributed by atoms with van der Waals surface area (Å²) in [6.07, 6.45) is 1.14. The Morgan fingerprint density at radius 3 is 2.65 bits per heavy atom. The van der Waals surface area contributed by atoms with Crippen molar-refractivity contribution in [3.8, 4) is 6.07 Å². The number of benzene rings is 1. The van der Waals surface area contributed by atoms with Crippen molar-refractivity contribution in [3.63, 3.8) is 0 Å². The topological polar surface area (TPSA) is 61.2 Å². The summed E-state index contributed by atoms with van der Waals surface area (Å²) in [6, 6.07) is 8.60. The van der Waals surface area contributed by atoms with Gasteiger partial charge in [0.05, 0.1) is 22.3 Å². The van der Waals surface area contributed by atoms with Gasteiger partial charge in [-0.15, -0.1) is 0 Å². The molecule has 0 aliphatic carbocycles. The lowest BCUT2D eigenvalue weighted by Crippen LogP contribution is -2.35. The number of nitrogens with zero attached hydrogens (tertiary/aromatic N) is 2. The Morgan fingerprint density at radius 1 is 1.40 bits per heavy atom. The van der Waals surface area contributed by atoms with Crippen LogP contribution >= 0.6 is 11.8 Å². The molecule has 1 aliphatic heterocycles. The van der Waals surface area contributed by atoms with Crippen LogP contribution in [0.4, 0.5) is 0 Å². The molecule has 1 unspecified atom stereocenters. The molecule has 108 valence electrons. The number of sulfone groups is 1. The van der Waals surface area contributed by atoms with Crippen molar-refractivity contribution in [3.05, 3.63) is 29.8 Å². The average molecular weight is 310 g/mol. The van der Waals surface area contributed by atoms with E-state index in [1.54, 1.807) is 12.1 Å². The highest BCUT2D eigenvalue weighted by Crippen LogP contribution is 2.21. The summed E-state index contributed by atoms with van der Waals surface area (Å²) in [5.74, 6) is 2.38. The zero-order chi connectivity index (χ0) is 14.6. The van der Waals surface area contributed by atoms with Crippen LogP contribution in [0.1, 0.15) is 12.0 Å². The van der Waals surface area contributed by atoms with Crippen LogP contribution < -0.4 is 0 Å². The summed E-state index contributed by atoms with van der Waals surface area (Å²) < 4.78 is 24.5. The minimum Gasteiger partial charge on any atom is -0.302 e. The fourth-order valence-corrected chi connectivity index (χ4v) is 4.78. The average Bonchev–Trinajstić information content (AvgIpc) is 2.99. The van der Waals surface area contributed by atoms with Crippen LogP contribution in [0.15, 0.2) is 29.2 Å². The van der Waals surface area contributed by atoms with E-state index >= 15 is 0 Å². The molecule has 1 atom stereocenters. The van der Waals surface area contributed by atoms with E-state index in [1.165, 1.54) is 12.1 Å². The molecule has 0 bridgehead atoms. The van der Waals surface area contributed by atoms with Crippen molar-refractivity contribution in [1.29, 1.82) is 5.26 Å². The first-order valence-corrected chi connectivity index (χ1v) is 9.34. The van der Waals surface area contributed by atoms with Crippen molar-refractivity contribution in [2.45, 2.75) is 17.4 Å². The summed E-state index contributed by atoms with van der Waals surface area (Å²) in [4.78, 5) is 2.44. The molecule has 0 radical (unpaired) electrons. The summed E-state index contributed by atoms with van der Waals surface area (Å²) >= 11 is 1.92. The van der Waals surface area contributed by atoms with Crippen LogP contribution in [0.2, 0.25) is 0 Å². The van der Waals surface area contributed by atoms with Gasteiger partial charge >= 0.3 is 0 Å². The maximum Gasteiger partial charge on any atom is 0.179 e. The van der Waals surface area contributed by atoms with Crippen molar-refractivity contribution in [2.24, 2.45) is 0 Å². The minimum absolute atomic E-state index is 0.122. The highest BCUT2D eigenvalue weighted by atomic mass is 32.2. The molecule has 0 amide bonds. The molecule has 4 nitrogen and oxygen atoms in total. The van der Waals surface area contributed by atoms with Crippen LogP contribution in [-0.4, -0.2) is 50.2 Å². The van der Waals surface area contributed by atoms with Gasteiger partial charge < -0.3 is 4.90 Å². The van der Waals surface area contributed by atoms with Gasteiger partial charge in [-0.1, -0.05) is 0 Å². The van der Waals surface area contributed by atoms with E-state index in [-0.39, 0.29) is 5.75 Å². The maximum atomic E-state index is 12.2. The predicted octanol–water partition coefficient (Wildman–Crippen LogP) is 1.77. The lowest BCUT2D eigenvalue weighted by molar-refractivity contribution is 0.277.